The van der Waals surface area contributed by atoms with E-state index < -0.39 is 0 Å². The van der Waals surface area contributed by atoms with Crippen LogP contribution in [0.2, 0.25) is 0 Å². The number of aromatic nitrogens is 6. The Morgan fingerprint density at radius 3 is 2.66 bits per heavy atom. The molecule has 0 atom stereocenters. The molecule has 0 aliphatic rings. The number of aromatic amines is 1. The summed E-state index contributed by atoms with van der Waals surface area (Å²) in [6.45, 7) is 0.759. The summed E-state index contributed by atoms with van der Waals surface area (Å²) in [5.41, 5.74) is 3.66. The van der Waals surface area contributed by atoms with Crippen molar-refractivity contribution >= 4 is 21.8 Å². The van der Waals surface area contributed by atoms with Gasteiger partial charge in [0.1, 0.15) is 12.4 Å². The molecule has 0 unspecified atom stereocenters. The second-order valence-electron chi connectivity index (χ2n) is 8.17. The molecule has 3 aromatic heterocycles. The summed E-state index contributed by atoms with van der Waals surface area (Å²) in [4.78, 5) is 21.5. The van der Waals surface area contributed by atoms with Crippen LogP contribution in [0.5, 0.6) is 5.75 Å². The molecule has 0 saturated heterocycles. The van der Waals surface area contributed by atoms with E-state index in [2.05, 4.69) is 25.4 Å². The van der Waals surface area contributed by atoms with Gasteiger partial charge in [0.05, 0.1) is 23.3 Å². The van der Waals surface area contributed by atoms with Gasteiger partial charge in [0.2, 0.25) is 5.82 Å². The fraction of sp³-hybridized carbons (Fsp3) is 0.0741. The summed E-state index contributed by atoms with van der Waals surface area (Å²) in [6, 6.07) is 29.1. The second kappa shape index (κ2) is 8.83. The molecule has 1 N–H and O–H groups in total. The molecule has 3 aromatic carbocycles. The normalized spacial score (nSPS) is 11.2. The average Bonchev–Trinajstić information content (AvgIpc) is 3.35. The minimum Gasteiger partial charge on any atom is -0.487 e. The minimum atomic E-state index is -0.249. The first-order chi connectivity index (χ1) is 17.2. The number of nitrogens with one attached hydrogen (secondary N) is 1. The van der Waals surface area contributed by atoms with Crippen molar-refractivity contribution in [2.45, 2.75) is 13.2 Å². The van der Waals surface area contributed by atoms with E-state index in [1.54, 1.807) is 6.07 Å². The van der Waals surface area contributed by atoms with Crippen LogP contribution in [0.1, 0.15) is 11.3 Å². The number of tetrazole rings is 1. The number of rotatable bonds is 6. The summed E-state index contributed by atoms with van der Waals surface area (Å²) in [5.74, 6) is 1.01. The monoisotopic (exact) mass is 460 g/mol. The van der Waals surface area contributed by atoms with Gasteiger partial charge in [0, 0.05) is 10.9 Å². The third-order valence-electron chi connectivity index (χ3n) is 5.71. The van der Waals surface area contributed by atoms with Crippen LogP contribution in [0.4, 0.5) is 0 Å². The largest absolute Gasteiger partial charge is 0.487 e. The average molecular weight is 460 g/mol. The molecule has 0 aliphatic carbocycles. The minimum absolute atomic E-state index is 0.249. The van der Waals surface area contributed by atoms with Crippen LogP contribution in [-0.2, 0) is 13.2 Å². The molecule has 0 bridgehead atoms. The van der Waals surface area contributed by atoms with E-state index in [1.165, 1.54) is 4.80 Å². The van der Waals surface area contributed by atoms with Crippen molar-refractivity contribution in [3.05, 3.63) is 113 Å². The number of ether oxygens (including phenoxy) is 1. The van der Waals surface area contributed by atoms with Crippen LogP contribution >= 0.6 is 0 Å². The molecule has 35 heavy (non-hydrogen) atoms. The van der Waals surface area contributed by atoms with E-state index >= 15 is 0 Å². The first-order valence-electron chi connectivity index (χ1n) is 11.2. The summed E-state index contributed by atoms with van der Waals surface area (Å²) in [7, 11) is 0. The molecule has 0 radical (unpaired) electrons. The summed E-state index contributed by atoms with van der Waals surface area (Å²) in [5, 5.41) is 14.7. The molecule has 3 heterocycles. The van der Waals surface area contributed by atoms with E-state index in [9.17, 15) is 4.79 Å². The number of hydrogen-bond acceptors (Lipinski definition) is 6. The number of H-pyrrole nitrogens is 1. The lowest BCUT2D eigenvalue weighted by Gasteiger charge is -2.08. The second-order valence-corrected chi connectivity index (χ2v) is 8.17. The van der Waals surface area contributed by atoms with Crippen molar-refractivity contribution < 1.29 is 4.74 Å². The molecule has 8 nitrogen and oxygen atoms in total. The lowest BCUT2D eigenvalue weighted by atomic mass is 10.1. The number of para-hydroxylation sites is 2. The van der Waals surface area contributed by atoms with Gasteiger partial charge in [-0.25, -0.2) is 4.98 Å². The smallest absolute Gasteiger partial charge is 0.259 e. The number of benzene rings is 3. The molecule has 0 fully saturated rings. The molecular formula is C27H20N6O2. The Morgan fingerprint density at radius 1 is 0.857 bits per heavy atom. The quantitative estimate of drug-likeness (QED) is 0.397. The number of pyridine rings is 2. The van der Waals surface area contributed by atoms with Crippen LogP contribution in [0.15, 0.2) is 95.8 Å². The SMILES string of the molecule is O=c1[nH]c2ccccc2cc1-c1nnn(Cc2cccc(OCc3ccc4ccccc4n3)c2)n1. The fourth-order valence-electron chi connectivity index (χ4n) is 3.97. The van der Waals surface area contributed by atoms with Crippen molar-refractivity contribution in [1.82, 2.24) is 30.2 Å². The highest BCUT2D eigenvalue weighted by molar-refractivity contribution is 5.82. The number of fused-ring (bicyclic) bond motifs is 2. The topological polar surface area (TPSA) is 98.6 Å². The van der Waals surface area contributed by atoms with Gasteiger partial charge >= 0.3 is 0 Å². The molecule has 6 rings (SSSR count). The molecule has 0 aliphatic heterocycles. The van der Waals surface area contributed by atoms with Crippen LogP contribution < -0.4 is 10.3 Å². The highest BCUT2D eigenvalue weighted by Gasteiger charge is 2.12. The van der Waals surface area contributed by atoms with Crippen molar-refractivity contribution in [3.8, 4) is 17.1 Å². The van der Waals surface area contributed by atoms with Crippen LogP contribution in [0.3, 0.4) is 0 Å². The van der Waals surface area contributed by atoms with Gasteiger partial charge in [-0.05, 0) is 52.6 Å². The third kappa shape index (κ3) is 4.37. The summed E-state index contributed by atoms with van der Waals surface area (Å²) < 4.78 is 5.98. The van der Waals surface area contributed by atoms with Crippen LogP contribution in [0.25, 0.3) is 33.2 Å². The van der Waals surface area contributed by atoms with Crippen molar-refractivity contribution in [2.75, 3.05) is 0 Å². The van der Waals surface area contributed by atoms with Crippen LogP contribution in [0, 0.1) is 0 Å². The lowest BCUT2D eigenvalue weighted by Crippen LogP contribution is -2.10. The first-order valence-corrected chi connectivity index (χ1v) is 11.2. The van der Waals surface area contributed by atoms with Crippen LogP contribution in [-0.4, -0.2) is 30.2 Å². The first kappa shape index (κ1) is 20.7. The van der Waals surface area contributed by atoms with Gasteiger partial charge in [0.15, 0.2) is 0 Å². The molecule has 170 valence electrons. The van der Waals surface area contributed by atoms with E-state index in [0.29, 0.717) is 18.7 Å². The van der Waals surface area contributed by atoms with Gasteiger partial charge in [-0.2, -0.15) is 4.80 Å². The Morgan fingerprint density at radius 2 is 1.71 bits per heavy atom. The van der Waals surface area contributed by atoms with Gasteiger partial charge < -0.3 is 9.72 Å². The maximum atomic E-state index is 12.5. The molecule has 0 amide bonds. The van der Waals surface area contributed by atoms with Crippen molar-refractivity contribution in [3.63, 3.8) is 0 Å². The molecule has 6 aromatic rings. The molecule has 8 heteroatoms. The predicted molar refractivity (Wildman–Crippen MR) is 133 cm³/mol. The van der Waals surface area contributed by atoms with E-state index in [1.807, 2.05) is 84.9 Å². The summed E-state index contributed by atoms with van der Waals surface area (Å²) >= 11 is 0. The Labute approximate surface area is 199 Å². The Hall–Kier alpha value is -4.85. The standard InChI is InChI=1S/C27H20N6O2/c34-27-23(15-20-8-2-4-11-25(20)29-27)26-30-32-33(31-26)16-18-6-5-9-22(14-18)35-17-21-13-12-19-7-1-3-10-24(19)28-21/h1-15H,16-17H2,(H,29,34). The van der Waals surface area contributed by atoms with E-state index in [-0.39, 0.29) is 11.4 Å². The van der Waals surface area contributed by atoms with Gasteiger partial charge in [-0.3, -0.25) is 4.79 Å². The Balaban J connectivity index is 1.17. The van der Waals surface area contributed by atoms with Gasteiger partial charge in [-0.1, -0.05) is 54.6 Å². The van der Waals surface area contributed by atoms with Gasteiger partial charge in [0.25, 0.3) is 5.56 Å². The third-order valence-corrected chi connectivity index (χ3v) is 5.71. The zero-order valence-electron chi connectivity index (χ0n) is 18.6. The maximum Gasteiger partial charge on any atom is 0.259 e. The highest BCUT2D eigenvalue weighted by atomic mass is 16.5. The zero-order valence-corrected chi connectivity index (χ0v) is 18.6. The van der Waals surface area contributed by atoms with Crippen molar-refractivity contribution in [2.24, 2.45) is 0 Å². The van der Waals surface area contributed by atoms with E-state index in [4.69, 9.17) is 4.74 Å². The number of nitrogens with zero attached hydrogens (tertiary/aromatic N) is 5. The highest BCUT2D eigenvalue weighted by Crippen LogP contribution is 2.18. The Kier molecular flexibility index (Phi) is 5.23. The number of hydrogen-bond donors (Lipinski definition) is 1. The fourth-order valence-corrected chi connectivity index (χ4v) is 3.97. The summed E-state index contributed by atoms with van der Waals surface area (Å²) in [6.07, 6.45) is 0. The Bertz CT molecular complexity index is 1720. The molecule has 0 spiro atoms. The van der Waals surface area contributed by atoms with Crippen molar-refractivity contribution in [1.29, 1.82) is 0 Å². The maximum absolute atomic E-state index is 12.5. The zero-order chi connectivity index (χ0) is 23.6. The van der Waals surface area contributed by atoms with Gasteiger partial charge in [-0.15, -0.1) is 10.2 Å². The van der Waals surface area contributed by atoms with E-state index in [0.717, 1.165) is 38.8 Å². The molecular weight excluding hydrogens is 440 g/mol. The predicted octanol–water partition coefficient (Wildman–Crippen LogP) is 4.36. The lowest BCUT2D eigenvalue weighted by molar-refractivity contribution is 0.301. The molecule has 0 saturated carbocycles.